The Morgan fingerprint density at radius 3 is 2.64 bits per heavy atom. The molecule has 0 aromatic heterocycles. The van der Waals surface area contributed by atoms with Crippen molar-refractivity contribution in [3.8, 4) is 17.2 Å². The SMILES string of the molecule is CCc1ccc(C(=O)CC2c3c(cc4c(c3OC)OCO4)CC[N+]2(C)C)cc1. The van der Waals surface area contributed by atoms with E-state index in [9.17, 15) is 4.79 Å². The van der Waals surface area contributed by atoms with Crippen molar-refractivity contribution in [1.82, 2.24) is 0 Å². The van der Waals surface area contributed by atoms with Gasteiger partial charge in [0, 0.05) is 12.0 Å². The third-order valence-electron chi connectivity index (χ3n) is 6.15. The van der Waals surface area contributed by atoms with Crippen LogP contribution in [0.25, 0.3) is 0 Å². The average molecular weight is 382 g/mol. The maximum Gasteiger partial charge on any atom is 0.231 e. The normalized spacial score (nSPS) is 19.2. The summed E-state index contributed by atoms with van der Waals surface area (Å²) in [6.07, 6.45) is 2.32. The van der Waals surface area contributed by atoms with E-state index >= 15 is 0 Å². The summed E-state index contributed by atoms with van der Waals surface area (Å²) in [5, 5.41) is 0. The fraction of sp³-hybridized carbons (Fsp3) is 0.435. The monoisotopic (exact) mass is 382 g/mol. The van der Waals surface area contributed by atoms with Crippen molar-refractivity contribution in [3.63, 3.8) is 0 Å². The summed E-state index contributed by atoms with van der Waals surface area (Å²) in [5.74, 6) is 2.28. The van der Waals surface area contributed by atoms with Gasteiger partial charge in [-0.15, -0.1) is 0 Å². The first-order chi connectivity index (χ1) is 13.4. The number of Topliss-reactive ketones (excluding diaryl/α,β-unsaturated/α-hetero) is 1. The first-order valence-electron chi connectivity index (χ1n) is 9.88. The second kappa shape index (κ2) is 7.13. The van der Waals surface area contributed by atoms with E-state index in [1.165, 1.54) is 11.1 Å². The van der Waals surface area contributed by atoms with Gasteiger partial charge in [-0.1, -0.05) is 31.2 Å². The highest BCUT2D eigenvalue weighted by atomic mass is 16.7. The molecule has 0 saturated heterocycles. The molecule has 5 nitrogen and oxygen atoms in total. The van der Waals surface area contributed by atoms with Gasteiger partial charge in [-0.05, 0) is 23.6 Å². The molecule has 0 aliphatic carbocycles. The molecule has 0 amide bonds. The van der Waals surface area contributed by atoms with Crippen LogP contribution in [-0.2, 0) is 12.8 Å². The van der Waals surface area contributed by atoms with Crippen LogP contribution in [0.3, 0.4) is 0 Å². The number of hydrogen-bond donors (Lipinski definition) is 0. The van der Waals surface area contributed by atoms with Crippen molar-refractivity contribution in [1.29, 1.82) is 0 Å². The molecule has 0 N–H and O–H groups in total. The van der Waals surface area contributed by atoms with E-state index in [1.807, 2.05) is 24.3 Å². The van der Waals surface area contributed by atoms with Gasteiger partial charge in [-0.25, -0.2) is 0 Å². The zero-order valence-corrected chi connectivity index (χ0v) is 17.1. The van der Waals surface area contributed by atoms with Crippen LogP contribution >= 0.6 is 0 Å². The molecule has 2 aliphatic heterocycles. The van der Waals surface area contributed by atoms with Crippen molar-refractivity contribution in [3.05, 3.63) is 52.6 Å². The zero-order chi connectivity index (χ0) is 19.9. The lowest BCUT2D eigenvalue weighted by molar-refractivity contribution is -0.922. The highest BCUT2D eigenvalue weighted by Gasteiger charge is 2.42. The Labute approximate surface area is 166 Å². The Kier molecular flexibility index (Phi) is 4.79. The number of carbonyl (C=O) groups excluding carboxylic acids is 1. The van der Waals surface area contributed by atoms with Crippen molar-refractivity contribution >= 4 is 5.78 Å². The molecule has 2 heterocycles. The van der Waals surface area contributed by atoms with Gasteiger partial charge >= 0.3 is 0 Å². The first kappa shape index (κ1) is 18.8. The number of aryl methyl sites for hydroxylation is 1. The molecule has 0 radical (unpaired) electrons. The van der Waals surface area contributed by atoms with Crippen molar-refractivity contribution < 1.29 is 23.5 Å². The van der Waals surface area contributed by atoms with Crippen LogP contribution in [0, 0.1) is 0 Å². The van der Waals surface area contributed by atoms with Gasteiger partial charge < -0.3 is 18.7 Å². The van der Waals surface area contributed by atoms with Crippen LogP contribution in [0.1, 0.15) is 46.4 Å². The summed E-state index contributed by atoms with van der Waals surface area (Å²) in [7, 11) is 6.03. The summed E-state index contributed by atoms with van der Waals surface area (Å²) in [6.45, 7) is 3.29. The second-order valence-electron chi connectivity index (χ2n) is 8.16. The lowest BCUT2D eigenvalue weighted by atomic mass is 9.86. The number of carbonyl (C=O) groups is 1. The predicted molar refractivity (Wildman–Crippen MR) is 107 cm³/mol. The molecule has 148 valence electrons. The molecule has 0 spiro atoms. The zero-order valence-electron chi connectivity index (χ0n) is 17.1. The lowest BCUT2D eigenvalue weighted by Crippen LogP contribution is -2.48. The maximum absolute atomic E-state index is 13.1. The van der Waals surface area contributed by atoms with Crippen molar-refractivity contribution in [2.45, 2.75) is 32.2 Å². The van der Waals surface area contributed by atoms with Crippen LogP contribution in [-0.4, -0.2) is 44.8 Å². The lowest BCUT2D eigenvalue weighted by Gasteiger charge is -2.43. The fourth-order valence-electron chi connectivity index (χ4n) is 4.34. The summed E-state index contributed by atoms with van der Waals surface area (Å²) < 4.78 is 17.8. The van der Waals surface area contributed by atoms with E-state index in [0.717, 1.165) is 46.5 Å². The van der Waals surface area contributed by atoms with E-state index in [2.05, 4.69) is 27.1 Å². The number of fused-ring (bicyclic) bond motifs is 2. The molecule has 28 heavy (non-hydrogen) atoms. The second-order valence-corrected chi connectivity index (χ2v) is 8.16. The number of ether oxygens (including phenoxy) is 3. The van der Waals surface area contributed by atoms with Gasteiger partial charge in [-0.2, -0.15) is 0 Å². The number of quaternary nitrogens is 1. The Morgan fingerprint density at radius 1 is 1.21 bits per heavy atom. The van der Waals surface area contributed by atoms with Gasteiger partial charge in [-0.3, -0.25) is 4.79 Å². The Hall–Kier alpha value is -2.53. The minimum absolute atomic E-state index is 0.00607. The number of likely N-dealkylation sites (N-methyl/N-ethyl adjacent to an activating group) is 1. The maximum atomic E-state index is 13.1. The molecule has 1 atom stereocenters. The van der Waals surface area contributed by atoms with Crippen molar-refractivity contribution in [2.24, 2.45) is 0 Å². The summed E-state index contributed by atoms with van der Waals surface area (Å²) in [6, 6.07) is 10.0. The van der Waals surface area contributed by atoms with Crippen LogP contribution in [0.5, 0.6) is 17.2 Å². The van der Waals surface area contributed by atoms with E-state index in [0.29, 0.717) is 12.2 Å². The Bertz CT molecular complexity index is 902. The molecule has 2 aliphatic rings. The van der Waals surface area contributed by atoms with Gasteiger partial charge in [0.05, 0.1) is 39.7 Å². The van der Waals surface area contributed by atoms with Crippen LogP contribution in [0.2, 0.25) is 0 Å². The van der Waals surface area contributed by atoms with E-state index in [4.69, 9.17) is 14.2 Å². The molecule has 0 saturated carbocycles. The summed E-state index contributed by atoms with van der Waals surface area (Å²) in [4.78, 5) is 13.1. The molecular weight excluding hydrogens is 354 g/mol. The molecule has 1 unspecified atom stereocenters. The predicted octanol–water partition coefficient (Wildman–Crippen LogP) is 3.93. The quantitative estimate of drug-likeness (QED) is 0.581. The molecule has 2 aromatic rings. The van der Waals surface area contributed by atoms with Gasteiger partial charge in [0.2, 0.25) is 12.5 Å². The van der Waals surface area contributed by atoms with E-state index in [1.54, 1.807) is 7.11 Å². The summed E-state index contributed by atoms with van der Waals surface area (Å²) >= 11 is 0. The topological polar surface area (TPSA) is 44.8 Å². The molecule has 5 heteroatoms. The standard InChI is InChI=1S/C23H28NO4/c1-5-15-6-8-16(9-7-15)19(25)13-18-21-17(10-11-24(18,2)3)12-20-22(23(21)26-4)28-14-27-20/h6-9,12,18H,5,10-11,13-14H2,1-4H3/q+1. The number of methoxy groups -OCH3 is 1. The van der Waals surface area contributed by atoms with Gasteiger partial charge in [0.15, 0.2) is 17.3 Å². The van der Waals surface area contributed by atoms with Crippen LogP contribution < -0.4 is 14.2 Å². The van der Waals surface area contributed by atoms with E-state index < -0.39 is 0 Å². The van der Waals surface area contributed by atoms with Crippen LogP contribution in [0.15, 0.2) is 30.3 Å². The average Bonchev–Trinajstić information content (AvgIpc) is 3.16. The third kappa shape index (κ3) is 3.14. The van der Waals surface area contributed by atoms with Crippen LogP contribution in [0.4, 0.5) is 0 Å². The number of rotatable bonds is 5. The van der Waals surface area contributed by atoms with Crippen molar-refractivity contribution in [2.75, 3.05) is 34.5 Å². The molecule has 0 bridgehead atoms. The largest absolute Gasteiger partial charge is 0.492 e. The molecule has 4 rings (SSSR count). The Balaban J connectivity index is 1.73. The highest BCUT2D eigenvalue weighted by Crippen LogP contribution is 2.51. The number of benzene rings is 2. The van der Waals surface area contributed by atoms with Gasteiger partial charge in [0.25, 0.3) is 0 Å². The first-order valence-corrected chi connectivity index (χ1v) is 9.88. The molecule has 0 fully saturated rings. The van der Waals surface area contributed by atoms with Gasteiger partial charge in [0.1, 0.15) is 6.04 Å². The molecule has 2 aromatic carbocycles. The summed E-state index contributed by atoms with van der Waals surface area (Å²) in [5.41, 5.74) is 4.29. The smallest absolute Gasteiger partial charge is 0.231 e. The van der Waals surface area contributed by atoms with E-state index in [-0.39, 0.29) is 18.6 Å². The number of nitrogens with zero attached hydrogens (tertiary/aromatic N) is 1. The Morgan fingerprint density at radius 2 is 1.96 bits per heavy atom. The number of hydrogen-bond acceptors (Lipinski definition) is 4. The minimum Gasteiger partial charge on any atom is -0.492 e. The minimum atomic E-state index is 0.00607. The highest BCUT2D eigenvalue weighted by molar-refractivity contribution is 5.96. The third-order valence-corrected chi connectivity index (χ3v) is 6.15. The fourth-order valence-corrected chi connectivity index (χ4v) is 4.34. The number of ketones is 1. The molecular formula is C23H28NO4+.